The molecule has 3 fully saturated rings. The second-order valence-corrected chi connectivity index (χ2v) is 12.6. The first-order valence-corrected chi connectivity index (χ1v) is 14.7. The Morgan fingerprint density at radius 2 is 1.59 bits per heavy atom. The molecule has 2 heterocycles. The van der Waals surface area contributed by atoms with Crippen molar-refractivity contribution in [1.29, 1.82) is 0 Å². The first-order chi connectivity index (χ1) is 18.6. The average Bonchev–Trinajstić information content (AvgIpc) is 2.93. The molecule has 3 N–H and O–H groups in total. The molecular formula is C30H46FN5O3. The minimum absolute atomic E-state index is 0.115. The molecule has 1 aromatic carbocycles. The van der Waals surface area contributed by atoms with Crippen molar-refractivity contribution in [3.8, 4) is 0 Å². The Bertz CT molecular complexity index is 989. The zero-order valence-electron chi connectivity index (χ0n) is 23.9. The van der Waals surface area contributed by atoms with E-state index in [0.717, 1.165) is 44.3 Å². The maximum atomic E-state index is 13.9. The highest BCUT2D eigenvalue weighted by molar-refractivity contribution is 5.88. The van der Waals surface area contributed by atoms with Crippen molar-refractivity contribution in [1.82, 2.24) is 25.8 Å². The maximum absolute atomic E-state index is 13.9. The quantitative estimate of drug-likeness (QED) is 0.512. The fourth-order valence-corrected chi connectivity index (χ4v) is 6.45. The molecule has 1 aliphatic carbocycles. The van der Waals surface area contributed by atoms with Gasteiger partial charge >= 0.3 is 6.03 Å². The Hall–Kier alpha value is -2.68. The molecule has 4 amide bonds. The van der Waals surface area contributed by atoms with Crippen molar-refractivity contribution in [2.45, 2.75) is 83.7 Å². The summed E-state index contributed by atoms with van der Waals surface area (Å²) in [6, 6.07) is 5.06. The minimum atomic E-state index is -0.761. The van der Waals surface area contributed by atoms with Gasteiger partial charge in [-0.3, -0.25) is 9.59 Å². The Morgan fingerprint density at radius 3 is 2.18 bits per heavy atom. The zero-order chi connectivity index (χ0) is 28.0. The van der Waals surface area contributed by atoms with E-state index in [4.69, 9.17) is 0 Å². The Balaban J connectivity index is 1.49. The number of hydrogen-bond donors (Lipinski definition) is 3. The highest BCUT2D eigenvalue weighted by Gasteiger charge is 2.49. The first kappa shape index (κ1) is 29.3. The van der Waals surface area contributed by atoms with Crippen LogP contribution in [0.1, 0.15) is 71.3 Å². The molecule has 0 spiro atoms. The number of hydrogen-bond acceptors (Lipinski definition) is 4. The lowest BCUT2D eigenvalue weighted by atomic mass is 9.63. The Kier molecular flexibility index (Phi) is 9.51. The highest BCUT2D eigenvalue weighted by Crippen LogP contribution is 2.46. The summed E-state index contributed by atoms with van der Waals surface area (Å²) in [6.07, 6.45) is 7.16. The number of nitrogens with zero attached hydrogens (tertiary/aromatic N) is 2. The number of nitrogens with one attached hydrogen (secondary N) is 3. The van der Waals surface area contributed by atoms with Crippen molar-refractivity contribution < 1.29 is 18.8 Å². The zero-order valence-corrected chi connectivity index (χ0v) is 23.9. The number of rotatable bonds is 6. The van der Waals surface area contributed by atoms with Gasteiger partial charge in [-0.1, -0.05) is 31.4 Å². The normalized spacial score (nSPS) is 21.2. The molecule has 4 rings (SSSR count). The van der Waals surface area contributed by atoms with Crippen LogP contribution in [0, 0.1) is 17.2 Å². The summed E-state index contributed by atoms with van der Waals surface area (Å²) in [5.74, 6) is -0.0384. The third-order valence-corrected chi connectivity index (χ3v) is 8.65. The van der Waals surface area contributed by atoms with Crippen LogP contribution in [0.4, 0.5) is 9.18 Å². The van der Waals surface area contributed by atoms with Crippen LogP contribution in [0.2, 0.25) is 0 Å². The number of urea groups is 1. The number of carbonyl (C=O) groups is 3. The summed E-state index contributed by atoms with van der Waals surface area (Å²) in [4.78, 5) is 44.2. The van der Waals surface area contributed by atoms with E-state index in [1.165, 1.54) is 18.6 Å². The fraction of sp³-hybridized carbons (Fsp3) is 0.700. The van der Waals surface area contributed by atoms with Crippen LogP contribution in [0.25, 0.3) is 0 Å². The number of halogens is 1. The van der Waals surface area contributed by atoms with Crippen molar-refractivity contribution in [3.05, 3.63) is 35.6 Å². The second-order valence-electron chi connectivity index (χ2n) is 12.6. The molecule has 0 bridgehead atoms. The van der Waals surface area contributed by atoms with Gasteiger partial charge in [0.1, 0.15) is 11.9 Å². The van der Waals surface area contributed by atoms with Gasteiger partial charge in [0, 0.05) is 51.2 Å². The number of likely N-dealkylation sites (tertiary alicyclic amines) is 1. The Morgan fingerprint density at radius 1 is 0.974 bits per heavy atom. The van der Waals surface area contributed by atoms with Gasteiger partial charge in [0.05, 0.1) is 5.41 Å². The largest absolute Gasteiger partial charge is 0.351 e. The summed E-state index contributed by atoms with van der Waals surface area (Å²) in [6.45, 7) is 9.61. The molecule has 2 aliphatic heterocycles. The highest BCUT2D eigenvalue weighted by atomic mass is 19.1. The third-order valence-electron chi connectivity index (χ3n) is 8.65. The topological polar surface area (TPSA) is 93.8 Å². The smallest absolute Gasteiger partial charge is 0.318 e. The van der Waals surface area contributed by atoms with E-state index in [-0.39, 0.29) is 35.6 Å². The molecule has 8 nitrogen and oxygen atoms in total. The molecule has 3 aliphatic rings. The lowest BCUT2D eigenvalue weighted by Gasteiger charge is -2.48. The summed E-state index contributed by atoms with van der Waals surface area (Å²) >= 11 is 0. The predicted molar refractivity (Wildman–Crippen MR) is 150 cm³/mol. The number of amides is 4. The van der Waals surface area contributed by atoms with Crippen LogP contribution in [0.15, 0.2) is 24.3 Å². The van der Waals surface area contributed by atoms with Crippen LogP contribution in [-0.4, -0.2) is 78.5 Å². The predicted octanol–water partition coefficient (Wildman–Crippen LogP) is 3.46. The molecule has 216 valence electrons. The molecule has 1 atom stereocenters. The van der Waals surface area contributed by atoms with Gasteiger partial charge in [0.2, 0.25) is 11.8 Å². The number of piperidine rings is 1. The van der Waals surface area contributed by atoms with Crippen molar-refractivity contribution in [3.63, 3.8) is 0 Å². The van der Waals surface area contributed by atoms with Crippen LogP contribution < -0.4 is 16.0 Å². The van der Waals surface area contributed by atoms with E-state index < -0.39 is 11.5 Å². The summed E-state index contributed by atoms with van der Waals surface area (Å²) in [5.41, 5.74) is -0.00486. The number of piperazine rings is 1. The van der Waals surface area contributed by atoms with Gasteiger partial charge in [-0.15, -0.1) is 0 Å². The second kappa shape index (κ2) is 12.7. The van der Waals surface area contributed by atoms with Gasteiger partial charge in [0.15, 0.2) is 0 Å². The monoisotopic (exact) mass is 543 g/mol. The van der Waals surface area contributed by atoms with E-state index in [1.807, 2.05) is 25.7 Å². The van der Waals surface area contributed by atoms with Gasteiger partial charge in [-0.05, 0) is 70.1 Å². The van der Waals surface area contributed by atoms with Gasteiger partial charge in [-0.2, -0.15) is 0 Å². The van der Waals surface area contributed by atoms with Crippen LogP contribution in [-0.2, 0) is 16.0 Å². The molecule has 0 aromatic heterocycles. The molecule has 0 radical (unpaired) electrons. The minimum Gasteiger partial charge on any atom is -0.351 e. The van der Waals surface area contributed by atoms with Gasteiger partial charge in [-0.25, -0.2) is 9.18 Å². The Labute approximate surface area is 232 Å². The lowest BCUT2D eigenvalue weighted by molar-refractivity contribution is -0.147. The molecule has 1 aromatic rings. The molecule has 0 unspecified atom stereocenters. The molecule has 9 heteroatoms. The number of benzene rings is 1. The lowest BCUT2D eigenvalue weighted by Crippen LogP contribution is -2.60. The maximum Gasteiger partial charge on any atom is 0.318 e. The molecular weight excluding hydrogens is 497 g/mol. The standard InChI is InChI=1S/C30H46FN5O3/c1-29(2,3)34-27(38)30(23-7-5-4-6-8-23)13-17-35(18-14-30)26(37)25(21-22-9-11-24(31)12-10-22)33-28(39)36-19-15-32-16-20-36/h9-12,23,25,32H,4-8,13-21H2,1-3H3,(H,33,39)(H,34,38)/t25-/m1/s1. The van der Waals surface area contributed by atoms with Gasteiger partial charge in [0.25, 0.3) is 0 Å². The van der Waals surface area contributed by atoms with Crippen molar-refractivity contribution >= 4 is 17.8 Å². The number of carbonyl (C=O) groups excluding carboxylic acids is 3. The van der Waals surface area contributed by atoms with Crippen molar-refractivity contribution in [2.24, 2.45) is 11.3 Å². The van der Waals surface area contributed by atoms with E-state index in [2.05, 4.69) is 16.0 Å². The first-order valence-electron chi connectivity index (χ1n) is 14.7. The van der Waals surface area contributed by atoms with E-state index in [9.17, 15) is 18.8 Å². The van der Waals surface area contributed by atoms with E-state index >= 15 is 0 Å². The fourth-order valence-electron chi connectivity index (χ4n) is 6.45. The molecule has 1 saturated carbocycles. The van der Waals surface area contributed by atoms with Crippen LogP contribution in [0.3, 0.4) is 0 Å². The van der Waals surface area contributed by atoms with Crippen LogP contribution in [0.5, 0.6) is 0 Å². The summed E-state index contributed by atoms with van der Waals surface area (Å²) < 4.78 is 13.5. The van der Waals surface area contributed by atoms with Gasteiger partial charge < -0.3 is 25.8 Å². The average molecular weight is 544 g/mol. The summed E-state index contributed by atoms with van der Waals surface area (Å²) in [5, 5.41) is 9.47. The third kappa shape index (κ3) is 7.50. The molecule has 39 heavy (non-hydrogen) atoms. The summed E-state index contributed by atoms with van der Waals surface area (Å²) in [7, 11) is 0. The molecule has 2 saturated heterocycles. The van der Waals surface area contributed by atoms with E-state index in [1.54, 1.807) is 17.0 Å². The van der Waals surface area contributed by atoms with Crippen LogP contribution >= 0.6 is 0 Å². The SMILES string of the molecule is CC(C)(C)NC(=O)C1(C2CCCCC2)CCN(C(=O)[C@@H](Cc2ccc(F)cc2)NC(=O)N2CCNCC2)CC1. The van der Waals surface area contributed by atoms with E-state index in [0.29, 0.717) is 44.9 Å². The van der Waals surface area contributed by atoms with Crippen molar-refractivity contribution in [2.75, 3.05) is 39.3 Å².